The van der Waals surface area contributed by atoms with Gasteiger partial charge in [0.1, 0.15) is 17.5 Å². The number of aromatic nitrogens is 2. The van der Waals surface area contributed by atoms with Crippen LogP contribution in [0.1, 0.15) is 45.9 Å². The van der Waals surface area contributed by atoms with Crippen LogP contribution >= 0.6 is 0 Å². The molecule has 0 bridgehead atoms. The summed E-state index contributed by atoms with van der Waals surface area (Å²) in [7, 11) is 1.83. The Morgan fingerprint density at radius 2 is 1.85 bits per heavy atom. The molecule has 20 heavy (non-hydrogen) atoms. The molecule has 1 aromatic rings. The van der Waals surface area contributed by atoms with Gasteiger partial charge in [0.15, 0.2) is 0 Å². The largest absolute Gasteiger partial charge is 0.373 e. The molecular formula is C14H25N5O. The number of amides is 1. The van der Waals surface area contributed by atoms with Gasteiger partial charge in [0.2, 0.25) is 5.91 Å². The van der Waals surface area contributed by atoms with E-state index in [-0.39, 0.29) is 17.9 Å². The molecule has 1 rings (SSSR count). The molecule has 112 valence electrons. The summed E-state index contributed by atoms with van der Waals surface area (Å²) < 4.78 is 0. The topological polar surface area (TPSA) is 78.9 Å². The average Bonchev–Trinajstić information content (AvgIpc) is 2.37. The Hall–Kier alpha value is -1.85. The zero-order chi connectivity index (χ0) is 15.1. The van der Waals surface area contributed by atoms with Crippen LogP contribution in [0.5, 0.6) is 0 Å². The molecule has 6 heteroatoms. The molecule has 0 atom stereocenters. The molecule has 0 aliphatic heterocycles. The van der Waals surface area contributed by atoms with E-state index in [1.54, 1.807) is 0 Å². The lowest BCUT2D eigenvalue weighted by Gasteiger charge is -2.12. The van der Waals surface area contributed by atoms with Crippen molar-refractivity contribution in [3.05, 3.63) is 11.9 Å². The van der Waals surface area contributed by atoms with Crippen molar-refractivity contribution >= 4 is 17.5 Å². The van der Waals surface area contributed by atoms with Gasteiger partial charge >= 0.3 is 0 Å². The number of carbonyl (C=O) groups is 1. The summed E-state index contributed by atoms with van der Waals surface area (Å²) in [4.78, 5) is 20.4. The van der Waals surface area contributed by atoms with E-state index < -0.39 is 0 Å². The molecule has 0 fully saturated rings. The molecule has 0 saturated carbocycles. The molecular weight excluding hydrogens is 254 g/mol. The second kappa shape index (κ2) is 7.67. The number of hydrogen-bond acceptors (Lipinski definition) is 5. The van der Waals surface area contributed by atoms with Gasteiger partial charge < -0.3 is 16.0 Å². The van der Waals surface area contributed by atoms with Crippen LogP contribution in [-0.2, 0) is 4.79 Å². The summed E-state index contributed by atoms with van der Waals surface area (Å²) in [5.74, 6) is 2.60. The maximum absolute atomic E-state index is 11.5. The van der Waals surface area contributed by atoms with Crippen molar-refractivity contribution in [2.75, 3.05) is 24.2 Å². The van der Waals surface area contributed by atoms with Gasteiger partial charge in [0.05, 0.1) is 0 Å². The first-order valence-corrected chi connectivity index (χ1v) is 7.02. The van der Waals surface area contributed by atoms with Gasteiger partial charge in [-0.05, 0) is 13.8 Å². The first-order valence-electron chi connectivity index (χ1n) is 7.02. The van der Waals surface area contributed by atoms with E-state index in [4.69, 9.17) is 0 Å². The SMILES string of the molecule is CNc1cc(NCCC(=O)NC(C)C)nc(C(C)C)n1. The lowest BCUT2D eigenvalue weighted by Crippen LogP contribution is -2.31. The van der Waals surface area contributed by atoms with Crippen LogP contribution in [0.2, 0.25) is 0 Å². The summed E-state index contributed by atoms with van der Waals surface area (Å²) in [6, 6.07) is 2.01. The van der Waals surface area contributed by atoms with Crippen LogP contribution in [-0.4, -0.2) is 35.5 Å². The first-order chi connectivity index (χ1) is 9.42. The van der Waals surface area contributed by atoms with Crippen LogP contribution in [0.25, 0.3) is 0 Å². The van der Waals surface area contributed by atoms with Crippen LogP contribution in [0.4, 0.5) is 11.6 Å². The van der Waals surface area contributed by atoms with Crippen molar-refractivity contribution in [2.24, 2.45) is 0 Å². The lowest BCUT2D eigenvalue weighted by atomic mass is 10.2. The predicted octanol–water partition coefficient (Wildman–Crippen LogP) is 1.97. The Balaban J connectivity index is 2.59. The molecule has 0 saturated heterocycles. The monoisotopic (exact) mass is 279 g/mol. The van der Waals surface area contributed by atoms with Gasteiger partial charge in [-0.2, -0.15) is 0 Å². The zero-order valence-corrected chi connectivity index (χ0v) is 12.9. The highest BCUT2D eigenvalue weighted by molar-refractivity contribution is 5.76. The summed E-state index contributed by atoms with van der Waals surface area (Å²) in [5.41, 5.74) is 0. The maximum atomic E-state index is 11.5. The molecule has 0 aliphatic rings. The van der Waals surface area contributed by atoms with E-state index in [1.165, 1.54) is 0 Å². The van der Waals surface area contributed by atoms with Crippen LogP contribution < -0.4 is 16.0 Å². The Morgan fingerprint density at radius 1 is 1.20 bits per heavy atom. The minimum Gasteiger partial charge on any atom is -0.373 e. The second-order valence-electron chi connectivity index (χ2n) is 5.30. The van der Waals surface area contributed by atoms with Crippen molar-refractivity contribution in [1.82, 2.24) is 15.3 Å². The number of rotatable bonds is 7. The third-order valence-corrected chi connectivity index (χ3v) is 2.62. The lowest BCUT2D eigenvalue weighted by molar-refractivity contribution is -0.121. The van der Waals surface area contributed by atoms with Gasteiger partial charge in [-0.3, -0.25) is 4.79 Å². The van der Waals surface area contributed by atoms with E-state index in [9.17, 15) is 4.79 Å². The van der Waals surface area contributed by atoms with Crippen molar-refractivity contribution in [3.63, 3.8) is 0 Å². The van der Waals surface area contributed by atoms with Crippen molar-refractivity contribution < 1.29 is 4.79 Å². The summed E-state index contributed by atoms with van der Waals surface area (Å²) in [5, 5.41) is 9.04. The standard InChI is InChI=1S/C14H25N5O/c1-9(2)14-18-11(15-5)8-12(19-14)16-7-6-13(20)17-10(3)4/h8-10H,6-7H2,1-5H3,(H,17,20)(H2,15,16,18,19). The first kappa shape index (κ1) is 16.2. The molecule has 6 nitrogen and oxygen atoms in total. The third-order valence-electron chi connectivity index (χ3n) is 2.62. The Kier molecular flexibility index (Phi) is 6.21. The van der Waals surface area contributed by atoms with E-state index in [2.05, 4.69) is 39.8 Å². The number of carbonyl (C=O) groups excluding carboxylic acids is 1. The quantitative estimate of drug-likeness (QED) is 0.711. The summed E-state index contributed by atoms with van der Waals surface area (Å²) >= 11 is 0. The molecule has 1 amide bonds. The van der Waals surface area contributed by atoms with E-state index in [0.717, 1.165) is 17.5 Å². The van der Waals surface area contributed by atoms with E-state index in [1.807, 2.05) is 27.0 Å². The Bertz CT molecular complexity index is 445. The van der Waals surface area contributed by atoms with Gasteiger partial charge in [-0.15, -0.1) is 0 Å². The minimum atomic E-state index is 0.0412. The number of nitrogens with one attached hydrogen (secondary N) is 3. The highest BCUT2D eigenvalue weighted by Crippen LogP contribution is 2.16. The molecule has 0 aromatic carbocycles. The Morgan fingerprint density at radius 3 is 2.40 bits per heavy atom. The summed E-state index contributed by atoms with van der Waals surface area (Å²) in [6.45, 7) is 8.55. The zero-order valence-electron chi connectivity index (χ0n) is 12.9. The minimum absolute atomic E-state index is 0.0412. The Labute approximate surface area is 120 Å². The fraction of sp³-hybridized carbons (Fsp3) is 0.643. The number of nitrogens with zero attached hydrogens (tertiary/aromatic N) is 2. The van der Waals surface area contributed by atoms with Gasteiger partial charge in [-0.25, -0.2) is 9.97 Å². The number of anilines is 2. The van der Waals surface area contributed by atoms with Gasteiger partial charge in [-0.1, -0.05) is 13.8 Å². The highest BCUT2D eigenvalue weighted by Gasteiger charge is 2.08. The van der Waals surface area contributed by atoms with E-state index >= 15 is 0 Å². The average molecular weight is 279 g/mol. The molecule has 0 spiro atoms. The van der Waals surface area contributed by atoms with Crippen LogP contribution in [0.15, 0.2) is 6.07 Å². The van der Waals surface area contributed by atoms with Crippen LogP contribution in [0.3, 0.4) is 0 Å². The second-order valence-corrected chi connectivity index (χ2v) is 5.30. The third kappa shape index (κ3) is 5.42. The molecule has 1 heterocycles. The molecule has 0 radical (unpaired) electrons. The molecule has 0 aliphatic carbocycles. The maximum Gasteiger partial charge on any atom is 0.221 e. The van der Waals surface area contributed by atoms with Crippen molar-refractivity contribution in [3.8, 4) is 0 Å². The number of hydrogen-bond donors (Lipinski definition) is 3. The smallest absolute Gasteiger partial charge is 0.221 e. The molecule has 1 aromatic heterocycles. The van der Waals surface area contributed by atoms with Crippen molar-refractivity contribution in [2.45, 2.75) is 46.1 Å². The fourth-order valence-corrected chi connectivity index (χ4v) is 1.64. The fourth-order valence-electron chi connectivity index (χ4n) is 1.64. The van der Waals surface area contributed by atoms with Crippen molar-refractivity contribution in [1.29, 1.82) is 0 Å². The highest BCUT2D eigenvalue weighted by atomic mass is 16.1. The van der Waals surface area contributed by atoms with Crippen LogP contribution in [0, 0.1) is 0 Å². The molecule has 3 N–H and O–H groups in total. The predicted molar refractivity (Wildman–Crippen MR) is 82.1 cm³/mol. The normalized spacial score (nSPS) is 10.8. The summed E-state index contributed by atoms with van der Waals surface area (Å²) in [6.07, 6.45) is 0.425. The van der Waals surface area contributed by atoms with Gasteiger partial charge in [0.25, 0.3) is 0 Å². The van der Waals surface area contributed by atoms with Gasteiger partial charge in [0, 0.05) is 38.0 Å². The van der Waals surface area contributed by atoms with E-state index in [0.29, 0.717) is 13.0 Å². The molecule has 0 unspecified atom stereocenters.